The summed E-state index contributed by atoms with van der Waals surface area (Å²) < 4.78 is 7.06. The van der Waals surface area contributed by atoms with Crippen LogP contribution in [-0.2, 0) is 16.6 Å². The molecule has 5 atom stereocenters. The molecule has 0 aromatic heterocycles. The largest absolute Gasteiger partial charge is 0.480 e. The average molecular weight is 383 g/mol. The number of hydrogen-bond acceptors (Lipinski definition) is 4. The van der Waals surface area contributed by atoms with Crippen molar-refractivity contribution in [1.29, 1.82) is 0 Å². The van der Waals surface area contributed by atoms with Crippen molar-refractivity contribution >= 4 is 11.7 Å². The van der Waals surface area contributed by atoms with Crippen LogP contribution in [0.3, 0.4) is 0 Å². The molecule has 148 valence electrons. The van der Waals surface area contributed by atoms with E-state index in [1.54, 1.807) is 6.07 Å². The van der Waals surface area contributed by atoms with Crippen molar-refractivity contribution in [2.75, 3.05) is 20.1 Å². The number of aliphatic hydroxyl groups is 1. The predicted octanol–water partition coefficient (Wildman–Crippen LogP) is 1.06. The van der Waals surface area contributed by atoms with E-state index in [1.165, 1.54) is 12.8 Å². The van der Waals surface area contributed by atoms with Gasteiger partial charge in [0, 0.05) is 30.7 Å². The lowest BCUT2D eigenvalue weighted by atomic mass is 9.48. The van der Waals surface area contributed by atoms with Crippen LogP contribution >= 0.6 is 0 Å². The molecule has 28 heavy (non-hydrogen) atoms. The van der Waals surface area contributed by atoms with E-state index < -0.39 is 23.0 Å². The van der Waals surface area contributed by atoms with Crippen LogP contribution in [0.25, 0.3) is 0 Å². The van der Waals surface area contributed by atoms with E-state index in [-0.39, 0.29) is 11.8 Å². The fourth-order valence-corrected chi connectivity index (χ4v) is 7.15. The number of rotatable bonds is 3. The number of quaternary nitrogens is 1. The first-order chi connectivity index (χ1) is 13.3. The highest BCUT2D eigenvalue weighted by atomic mass is 16.5. The van der Waals surface area contributed by atoms with E-state index in [9.17, 15) is 14.7 Å². The molecular formula is C22H27N2O4+. The van der Waals surface area contributed by atoms with E-state index in [0.717, 1.165) is 41.0 Å². The number of carbonyl (C=O) groups excluding carboxylic acids is 2. The first-order valence-electron chi connectivity index (χ1n) is 10.5. The lowest BCUT2D eigenvalue weighted by molar-refractivity contribution is -0.950. The summed E-state index contributed by atoms with van der Waals surface area (Å²) in [5.41, 5.74) is 6.24. The van der Waals surface area contributed by atoms with Crippen molar-refractivity contribution in [3.05, 3.63) is 28.8 Å². The minimum absolute atomic E-state index is 0.0428. The Kier molecular flexibility index (Phi) is 3.02. The van der Waals surface area contributed by atoms with Crippen LogP contribution in [-0.4, -0.2) is 59.2 Å². The van der Waals surface area contributed by atoms with E-state index in [2.05, 4.69) is 7.05 Å². The summed E-state index contributed by atoms with van der Waals surface area (Å²) >= 11 is 0. The van der Waals surface area contributed by atoms with Gasteiger partial charge in [-0.15, -0.1) is 0 Å². The van der Waals surface area contributed by atoms with Gasteiger partial charge in [-0.3, -0.25) is 9.59 Å². The number of likely N-dealkylation sites (tertiary alicyclic amines) is 1. The summed E-state index contributed by atoms with van der Waals surface area (Å²) in [6.45, 7) is 2.03. The molecule has 6 nitrogen and oxygen atoms in total. The van der Waals surface area contributed by atoms with Gasteiger partial charge in [0.15, 0.2) is 11.9 Å². The Morgan fingerprint density at radius 2 is 2.14 bits per heavy atom. The summed E-state index contributed by atoms with van der Waals surface area (Å²) in [5, 5.41) is 12.3. The molecule has 5 aliphatic rings. The molecule has 2 bridgehead atoms. The van der Waals surface area contributed by atoms with Crippen LogP contribution in [0.15, 0.2) is 12.1 Å². The Labute approximate surface area is 164 Å². The quantitative estimate of drug-likeness (QED) is 0.764. The number of hydrogen-bond donors (Lipinski definition) is 2. The molecule has 3 fully saturated rings. The molecule has 1 saturated heterocycles. The first-order valence-corrected chi connectivity index (χ1v) is 10.5. The average Bonchev–Trinajstić information content (AvgIpc) is 3.37. The fourth-order valence-electron chi connectivity index (χ4n) is 7.15. The second-order valence-electron chi connectivity index (χ2n) is 10.00. The Hall–Kier alpha value is -1.92. The van der Waals surface area contributed by atoms with Gasteiger partial charge in [-0.05, 0) is 30.9 Å². The molecule has 6 rings (SSSR count). The van der Waals surface area contributed by atoms with Gasteiger partial charge < -0.3 is 20.1 Å². The second kappa shape index (κ2) is 4.97. The van der Waals surface area contributed by atoms with E-state index in [4.69, 9.17) is 10.5 Å². The highest BCUT2D eigenvalue weighted by molar-refractivity contribution is 5.98. The van der Waals surface area contributed by atoms with Crippen molar-refractivity contribution in [1.82, 2.24) is 0 Å². The molecule has 2 heterocycles. The lowest BCUT2D eigenvalue weighted by Gasteiger charge is -2.64. The van der Waals surface area contributed by atoms with Crippen molar-refractivity contribution in [2.45, 2.75) is 61.7 Å². The molecule has 2 aliphatic heterocycles. The molecule has 3 aliphatic carbocycles. The summed E-state index contributed by atoms with van der Waals surface area (Å²) in [5.74, 6) is 0.718. The van der Waals surface area contributed by atoms with E-state index >= 15 is 0 Å². The molecular weight excluding hydrogens is 356 g/mol. The van der Waals surface area contributed by atoms with Crippen LogP contribution in [0.5, 0.6) is 5.75 Å². The molecule has 6 heteroatoms. The maximum atomic E-state index is 12.9. The van der Waals surface area contributed by atoms with Crippen molar-refractivity contribution in [3.8, 4) is 5.75 Å². The number of piperidine rings is 1. The van der Waals surface area contributed by atoms with Crippen molar-refractivity contribution in [3.63, 3.8) is 0 Å². The molecule has 1 spiro atoms. The highest BCUT2D eigenvalue weighted by Gasteiger charge is 2.76. The number of ether oxygens (including phenoxy) is 1. The maximum Gasteiger partial charge on any atom is 0.252 e. The SMILES string of the molecule is C[N@+]1(CC2CC2)CC[C@]23c4c5ccc(C(N)=O)c4O[C@@H]2C(=O)CCC3(O)[C@H]1C5. The molecule has 1 unspecified atom stereocenters. The van der Waals surface area contributed by atoms with Gasteiger partial charge in [-0.1, -0.05) is 6.07 Å². The molecule has 1 amide bonds. The number of Topliss-reactive ketones (excluding diaryl/α,β-unsaturated/α-hetero) is 1. The van der Waals surface area contributed by atoms with Gasteiger partial charge in [-0.25, -0.2) is 0 Å². The zero-order valence-electron chi connectivity index (χ0n) is 16.2. The summed E-state index contributed by atoms with van der Waals surface area (Å²) in [4.78, 5) is 25.0. The fraction of sp³-hybridized carbons (Fsp3) is 0.636. The lowest BCUT2D eigenvalue weighted by Crippen LogP contribution is -2.80. The van der Waals surface area contributed by atoms with Gasteiger partial charge in [-0.2, -0.15) is 0 Å². The predicted molar refractivity (Wildman–Crippen MR) is 101 cm³/mol. The van der Waals surface area contributed by atoms with Crippen LogP contribution in [0.2, 0.25) is 0 Å². The third-order valence-electron chi connectivity index (χ3n) is 8.56. The minimum Gasteiger partial charge on any atom is -0.480 e. The smallest absolute Gasteiger partial charge is 0.252 e. The van der Waals surface area contributed by atoms with Crippen LogP contribution in [0.4, 0.5) is 0 Å². The Morgan fingerprint density at radius 3 is 2.86 bits per heavy atom. The van der Waals surface area contributed by atoms with Crippen molar-refractivity contribution < 1.29 is 23.9 Å². The summed E-state index contributed by atoms with van der Waals surface area (Å²) in [6.07, 6.45) is 4.16. The first kappa shape index (κ1) is 17.0. The molecule has 1 aromatic carbocycles. The third kappa shape index (κ3) is 1.77. The number of primary amides is 1. The number of ketones is 1. The topological polar surface area (TPSA) is 89.6 Å². The second-order valence-corrected chi connectivity index (χ2v) is 10.00. The third-order valence-corrected chi connectivity index (χ3v) is 8.56. The van der Waals surface area contributed by atoms with E-state index in [0.29, 0.717) is 30.6 Å². The molecule has 1 aromatic rings. The van der Waals surface area contributed by atoms with Gasteiger partial charge in [0.05, 0.1) is 31.1 Å². The number of benzene rings is 1. The number of nitrogens with two attached hydrogens (primary N) is 1. The molecule has 3 N–H and O–H groups in total. The van der Waals surface area contributed by atoms with Crippen molar-refractivity contribution in [2.24, 2.45) is 11.7 Å². The Balaban J connectivity index is 1.60. The molecule has 2 saturated carbocycles. The van der Waals surface area contributed by atoms with E-state index in [1.807, 2.05) is 6.07 Å². The number of carbonyl (C=O) groups is 2. The summed E-state index contributed by atoms with van der Waals surface area (Å²) in [6, 6.07) is 3.77. The van der Waals surface area contributed by atoms with Gasteiger partial charge >= 0.3 is 0 Å². The molecule has 0 radical (unpaired) electrons. The highest BCUT2D eigenvalue weighted by Crippen LogP contribution is 2.65. The zero-order valence-corrected chi connectivity index (χ0v) is 16.2. The zero-order chi connectivity index (χ0) is 19.5. The standard InChI is InChI=1S/C22H26N2O4/c1-24(11-12-2-3-12)9-8-21-17-13-4-5-14(20(23)26)18(17)28-19(21)15(25)6-7-22(21,27)16(24)10-13/h4-5,12,16,19,27H,2-3,6-11H2,1H3,(H-,23,26)/p+1/t16-,19-,21+,22?,24-/m1/s1. The Morgan fingerprint density at radius 1 is 1.36 bits per heavy atom. The number of likely N-dealkylation sites (N-methyl/N-ethyl adjacent to an activating group) is 1. The van der Waals surface area contributed by atoms with Gasteiger partial charge in [0.1, 0.15) is 17.4 Å². The monoisotopic (exact) mass is 383 g/mol. The maximum absolute atomic E-state index is 12.9. The minimum atomic E-state index is -0.984. The Bertz CT molecular complexity index is 941. The van der Waals surface area contributed by atoms with Crippen LogP contribution < -0.4 is 10.5 Å². The summed E-state index contributed by atoms with van der Waals surface area (Å²) in [7, 11) is 2.29. The van der Waals surface area contributed by atoms with Gasteiger partial charge in [0.2, 0.25) is 0 Å². The normalized spacial score (nSPS) is 42.7. The van der Waals surface area contributed by atoms with Gasteiger partial charge in [0.25, 0.3) is 5.91 Å². The number of nitrogens with zero attached hydrogens (tertiary/aromatic N) is 1. The number of amides is 1. The van der Waals surface area contributed by atoms with Crippen LogP contribution in [0.1, 0.15) is 53.6 Å². The van der Waals surface area contributed by atoms with Crippen LogP contribution in [0, 0.1) is 5.92 Å².